The fourth-order valence-corrected chi connectivity index (χ4v) is 4.24. The Morgan fingerprint density at radius 2 is 2.05 bits per heavy atom. The van der Waals surface area contributed by atoms with E-state index in [1.165, 1.54) is 19.3 Å². The first-order valence-electron chi connectivity index (χ1n) is 7.71. The largest absolute Gasteiger partial charge is 0.460 e. The molecule has 0 aromatic rings. The Morgan fingerprint density at radius 1 is 1.37 bits per heavy atom. The molecule has 3 nitrogen and oxygen atoms in total. The van der Waals surface area contributed by atoms with Crippen molar-refractivity contribution in [2.45, 2.75) is 65.4 Å². The second-order valence-corrected chi connectivity index (χ2v) is 7.65. The highest BCUT2D eigenvalue weighted by Crippen LogP contribution is 2.62. The fourth-order valence-electron chi connectivity index (χ4n) is 4.24. The lowest BCUT2D eigenvalue weighted by atomic mass is 9.53. The molecule has 2 fully saturated rings. The van der Waals surface area contributed by atoms with Crippen LogP contribution in [0.25, 0.3) is 0 Å². The van der Waals surface area contributed by atoms with Crippen molar-refractivity contribution in [1.82, 2.24) is 0 Å². The van der Waals surface area contributed by atoms with Gasteiger partial charge in [0.25, 0.3) is 0 Å². The highest BCUT2D eigenvalue weighted by Gasteiger charge is 2.57. The minimum atomic E-state index is -0.391. The highest BCUT2D eigenvalue weighted by atomic mass is 16.6. The minimum Gasteiger partial charge on any atom is -0.460 e. The molecule has 2 aliphatic carbocycles. The molecule has 2 rings (SSSR count). The van der Waals surface area contributed by atoms with Crippen molar-refractivity contribution in [3.8, 4) is 0 Å². The van der Waals surface area contributed by atoms with Gasteiger partial charge in [0.15, 0.2) is 0 Å². The summed E-state index contributed by atoms with van der Waals surface area (Å²) >= 11 is 0. The van der Waals surface area contributed by atoms with Crippen molar-refractivity contribution >= 4 is 5.97 Å². The third-order valence-electron chi connectivity index (χ3n) is 5.15. The van der Waals surface area contributed by atoms with Crippen molar-refractivity contribution in [2.75, 3.05) is 6.54 Å². The van der Waals surface area contributed by atoms with E-state index in [1.807, 2.05) is 20.8 Å². The van der Waals surface area contributed by atoms with Crippen LogP contribution in [0.1, 0.15) is 59.8 Å². The first kappa shape index (κ1) is 14.8. The van der Waals surface area contributed by atoms with Gasteiger partial charge >= 0.3 is 5.97 Å². The molecule has 3 heteroatoms. The summed E-state index contributed by atoms with van der Waals surface area (Å²) in [6, 6.07) is 0. The average Bonchev–Trinajstić information content (AvgIpc) is 2.62. The Balaban J connectivity index is 1.96. The van der Waals surface area contributed by atoms with Gasteiger partial charge in [-0.1, -0.05) is 13.3 Å². The lowest BCUT2D eigenvalue weighted by Gasteiger charge is -2.52. The summed E-state index contributed by atoms with van der Waals surface area (Å²) in [4.78, 5) is 12.1. The molecule has 110 valence electrons. The number of carbonyl (C=O) groups excluding carboxylic acids is 1. The first-order valence-corrected chi connectivity index (χ1v) is 7.71. The van der Waals surface area contributed by atoms with Gasteiger partial charge in [0.2, 0.25) is 0 Å². The number of fused-ring (bicyclic) bond motifs is 1. The number of esters is 1. The van der Waals surface area contributed by atoms with Gasteiger partial charge in [-0.25, -0.2) is 0 Å². The van der Waals surface area contributed by atoms with Gasteiger partial charge in [0, 0.05) is 0 Å². The summed E-state index contributed by atoms with van der Waals surface area (Å²) in [5.74, 6) is 2.25. The number of nitrogens with two attached hydrogens (primary N) is 1. The van der Waals surface area contributed by atoms with Gasteiger partial charge in [-0.3, -0.25) is 4.79 Å². The molecule has 0 spiro atoms. The average molecular weight is 267 g/mol. The zero-order valence-electron chi connectivity index (χ0n) is 12.9. The molecule has 0 radical (unpaired) electrons. The molecular formula is C16H29NO2. The van der Waals surface area contributed by atoms with Crippen LogP contribution in [0.4, 0.5) is 0 Å². The van der Waals surface area contributed by atoms with Gasteiger partial charge in [-0.2, -0.15) is 0 Å². The molecule has 0 bridgehead atoms. The van der Waals surface area contributed by atoms with Crippen molar-refractivity contribution in [3.63, 3.8) is 0 Å². The van der Waals surface area contributed by atoms with Crippen LogP contribution in [-0.4, -0.2) is 18.1 Å². The SMILES string of the molecule is CCC1C[C@@H]2C[C@](CN)(CC(=O)OC(C)(C)C)[C@@H]2C1. The molecule has 0 heterocycles. The summed E-state index contributed by atoms with van der Waals surface area (Å²) in [5, 5.41) is 0. The van der Waals surface area contributed by atoms with Gasteiger partial charge in [-0.15, -0.1) is 0 Å². The van der Waals surface area contributed by atoms with Crippen LogP contribution in [0.3, 0.4) is 0 Å². The molecule has 0 aliphatic heterocycles. The molecule has 2 aliphatic rings. The standard InChI is InChI=1S/C16H29NO2/c1-5-11-6-12-8-16(10-17,13(12)7-11)9-14(18)19-15(2,3)4/h11-13H,5-10,17H2,1-4H3/t11?,12-,13-,16-/m1/s1. The van der Waals surface area contributed by atoms with Crippen LogP contribution in [0.2, 0.25) is 0 Å². The zero-order valence-corrected chi connectivity index (χ0v) is 12.9. The van der Waals surface area contributed by atoms with Crippen LogP contribution >= 0.6 is 0 Å². The second-order valence-electron chi connectivity index (χ2n) is 7.65. The predicted molar refractivity (Wildman–Crippen MR) is 76.6 cm³/mol. The minimum absolute atomic E-state index is 0.0386. The Hall–Kier alpha value is -0.570. The number of hydrogen-bond donors (Lipinski definition) is 1. The number of hydrogen-bond acceptors (Lipinski definition) is 3. The van der Waals surface area contributed by atoms with Crippen molar-refractivity contribution in [1.29, 1.82) is 0 Å². The molecule has 0 aromatic heterocycles. The predicted octanol–water partition coefficient (Wildman–Crippen LogP) is 3.12. The summed E-state index contributed by atoms with van der Waals surface area (Å²) in [7, 11) is 0. The number of carbonyl (C=O) groups is 1. The molecular weight excluding hydrogens is 238 g/mol. The van der Waals surface area contributed by atoms with E-state index in [0.29, 0.717) is 18.9 Å². The van der Waals surface area contributed by atoms with Crippen LogP contribution in [0.15, 0.2) is 0 Å². The molecule has 2 saturated carbocycles. The third-order valence-corrected chi connectivity index (χ3v) is 5.15. The Bertz CT molecular complexity index is 347. The maximum Gasteiger partial charge on any atom is 0.306 e. The molecule has 0 amide bonds. The normalized spacial score (nSPS) is 37.6. The van der Waals surface area contributed by atoms with Crippen molar-refractivity contribution < 1.29 is 9.53 Å². The van der Waals surface area contributed by atoms with E-state index >= 15 is 0 Å². The quantitative estimate of drug-likeness (QED) is 0.796. The highest BCUT2D eigenvalue weighted by molar-refractivity contribution is 5.71. The first-order chi connectivity index (χ1) is 8.79. The monoisotopic (exact) mass is 267 g/mol. The lowest BCUT2D eigenvalue weighted by molar-refractivity contribution is -0.163. The summed E-state index contributed by atoms with van der Waals surface area (Å²) in [6.45, 7) is 8.67. The molecule has 4 atom stereocenters. The zero-order chi connectivity index (χ0) is 14.3. The Labute approximate surface area is 117 Å². The third kappa shape index (κ3) is 2.96. The van der Waals surface area contributed by atoms with E-state index < -0.39 is 5.60 Å². The summed E-state index contributed by atoms with van der Waals surface area (Å²) in [6.07, 6.45) is 5.51. The van der Waals surface area contributed by atoms with E-state index in [1.54, 1.807) is 0 Å². The van der Waals surface area contributed by atoms with Crippen LogP contribution in [0, 0.1) is 23.2 Å². The fraction of sp³-hybridized carbons (Fsp3) is 0.938. The molecule has 0 saturated heterocycles. The molecule has 19 heavy (non-hydrogen) atoms. The van der Waals surface area contributed by atoms with Crippen molar-refractivity contribution in [3.05, 3.63) is 0 Å². The lowest BCUT2D eigenvalue weighted by Crippen LogP contribution is -2.51. The van der Waals surface area contributed by atoms with Gasteiger partial charge in [-0.05, 0) is 69.7 Å². The van der Waals surface area contributed by atoms with E-state index in [2.05, 4.69) is 6.92 Å². The maximum absolute atomic E-state index is 12.1. The van der Waals surface area contributed by atoms with Crippen molar-refractivity contribution in [2.24, 2.45) is 28.9 Å². The van der Waals surface area contributed by atoms with E-state index in [0.717, 1.165) is 18.3 Å². The molecule has 2 N–H and O–H groups in total. The summed E-state index contributed by atoms with van der Waals surface area (Å²) in [5.41, 5.74) is 5.66. The van der Waals surface area contributed by atoms with Gasteiger partial charge < -0.3 is 10.5 Å². The summed E-state index contributed by atoms with van der Waals surface area (Å²) < 4.78 is 5.48. The van der Waals surface area contributed by atoms with Crippen LogP contribution in [-0.2, 0) is 9.53 Å². The Morgan fingerprint density at radius 3 is 2.58 bits per heavy atom. The van der Waals surface area contributed by atoms with E-state index in [-0.39, 0.29) is 11.4 Å². The van der Waals surface area contributed by atoms with Gasteiger partial charge in [0.05, 0.1) is 6.42 Å². The Kier molecular flexibility index (Phi) is 3.97. The smallest absolute Gasteiger partial charge is 0.306 e. The maximum atomic E-state index is 12.1. The topological polar surface area (TPSA) is 52.3 Å². The number of ether oxygens (including phenoxy) is 1. The van der Waals surface area contributed by atoms with Gasteiger partial charge in [0.1, 0.15) is 5.60 Å². The number of rotatable bonds is 4. The van der Waals surface area contributed by atoms with Crippen LogP contribution < -0.4 is 5.73 Å². The second kappa shape index (κ2) is 5.08. The molecule has 0 aromatic carbocycles. The van der Waals surface area contributed by atoms with E-state index in [9.17, 15) is 4.79 Å². The van der Waals surface area contributed by atoms with E-state index in [4.69, 9.17) is 10.5 Å². The van der Waals surface area contributed by atoms with Crippen LogP contribution in [0.5, 0.6) is 0 Å². The molecule has 1 unspecified atom stereocenters.